The fourth-order valence-corrected chi connectivity index (χ4v) is 4.87. The molecule has 180 valence electrons. The lowest BCUT2D eigenvalue weighted by molar-refractivity contribution is -0.137. The van der Waals surface area contributed by atoms with Crippen molar-refractivity contribution in [3.8, 4) is 5.69 Å². The first-order chi connectivity index (χ1) is 16.3. The van der Waals surface area contributed by atoms with E-state index in [1.165, 1.54) is 24.3 Å². The van der Waals surface area contributed by atoms with Crippen LogP contribution in [0.4, 0.5) is 23.2 Å². The summed E-state index contributed by atoms with van der Waals surface area (Å²) in [6.07, 6.45) is -1.04. The van der Waals surface area contributed by atoms with Crippen LogP contribution in [0, 0.1) is 5.82 Å². The molecule has 0 spiro atoms. The van der Waals surface area contributed by atoms with Gasteiger partial charge in [0, 0.05) is 69.5 Å². The highest BCUT2D eigenvalue weighted by molar-refractivity contribution is 5.95. The first-order valence-electron chi connectivity index (χ1n) is 11.5. The van der Waals surface area contributed by atoms with Crippen molar-refractivity contribution in [3.05, 3.63) is 60.0 Å². The molecule has 5 rings (SSSR count). The zero-order chi connectivity index (χ0) is 23.9. The minimum Gasteiger partial charge on any atom is -0.367 e. The van der Waals surface area contributed by atoms with Crippen molar-refractivity contribution >= 4 is 22.5 Å². The van der Waals surface area contributed by atoms with Crippen LogP contribution in [0.5, 0.6) is 0 Å². The second kappa shape index (κ2) is 8.94. The fourth-order valence-electron chi connectivity index (χ4n) is 4.87. The van der Waals surface area contributed by atoms with Gasteiger partial charge in [-0.25, -0.2) is 4.39 Å². The summed E-state index contributed by atoms with van der Waals surface area (Å²) in [6.45, 7) is 5.23. The highest BCUT2D eigenvalue weighted by atomic mass is 19.4. The van der Waals surface area contributed by atoms with Crippen molar-refractivity contribution < 1.29 is 22.4 Å². The van der Waals surface area contributed by atoms with E-state index in [0.717, 1.165) is 50.9 Å². The molecular weight excluding hydrogens is 448 g/mol. The molecule has 0 radical (unpaired) electrons. The van der Waals surface area contributed by atoms with E-state index in [4.69, 9.17) is 0 Å². The Morgan fingerprint density at radius 3 is 2.26 bits per heavy atom. The highest BCUT2D eigenvalue weighted by Gasteiger charge is 2.32. The van der Waals surface area contributed by atoms with Crippen molar-refractivity contribution in [2.45, 2.75) is 19.0 Å². The predicted octanol–water partition coefficient (Wildman–Crippen LogP) is 4.53. The number of likely N-dealkylation sites (tertiary alicyclic amines) is 1. The van der Waals surface area contributed by atoms with E-state index in [0.29, 0.717) is 36.1 Å². The molecule has 2 aromatic carbocycles. The maximum absolute atomic E-state index is 13.5. The first-order valence-corrected chi connectivity index (χ1v) is 11.5. The molecule has 0 saturated carbocycles. The SMILES string of the molecule is O=C1CCCN1CCN1CCN(c2cn(-c3ccc(F)cc3)c3ccc(C(F)(F)F)cc23)CC1. The van der Waals surface area contributed by atoms with E-state index < -0.39 is 11.7 Å². The average Bonchev–Trinajstić information content (AvgIpc) is 3.41. The zero-order valence-electron chi connectivity index (χ0n) is 18.7. The molecule has 3 heterocycles. The predicted molar refractivity (Wildman–Crippen MR) is 123 cm³/mol. The molecule has 34 heavy (non-hydrogen) atoms. The Balaban J connectivity index is 1.39. The van der Waals surface area contributed by atoms with Gasteiger partial charge in [0.1, 0.15) is 5.82 Å². The molecule has 9 heteroatoms. The zero-order valence-corrected chi connectivity index (χ0v) is 18.7. The maximum atomic E-state index is 13.5. The van der Waals surface area contributed by atoms with Gasteiger partial charge in [-0.1, -0.05) is 0 Å². The molecule has 0 unspecified atom stereocenters. The van der Waals surface area contributed by atoms with Crippen LogP contribution in [0.2, 0.25) is 0 Å². The number of halogens is 4. The summed E-state index contributed by atoms with van der Waals surface area (Å²) in [5, 5.41) is 0.523. The average molecular weight is 475 g/mol. The van der Waals surface area contributed by atoms with Crippen LogP contribution < -0.4 is 4.90 Å². The number of hydrogen-bond acceptors (Lipinski definition) is 3. The summed E-state index contributed by atoms with van der Waals surface area (Å²) in [7, 11) is 0. The third kappa shape index (κ3) is 4.49. The Bertz CT molecular complexity index is 1180. The molecule has 2 saturated heterocycles. The minimum atomic E-state index is -4.44. The molecule has 2 fully saturated rings. The van der Waals surface area contributed by atoms with E-state index in [9.17, 15) is 22.4 Å². The number of fused-ring (bicyclic) bond motifs is 1. The largest absolute Gasteiger partial charge is 0.416 e. The summed E-state index contributed by atoms with van der Waals surface area (Å²) in [5.74, 6) is -0.153. The Hall–Kier alpha value is -3.07. The van der Waals surface area contributed by atoms with Gasteiger partial charge in [0.05, 0.1) is 16.8 Å². The summed E-state index contributed by atoms with van der Waals surface area (Å²) in [5.41, 5.74) is 1.38. The van der Waals surface area contributed by atoms with Crippen molar-refractivity contribution in [1.29, 1.82) is 0 Å². The lowest BCUT2D eigenvalue weighted by Gasteiger charge is -2.36. The second-order valence-corrected chi connectivity index (χ2v) is 8.90. The lowest BCUT2D eigenvalue weighted by atomic mass is 10.1. The second-order valence-electron chi connectivity index (χ2n) is 8.90. The molecule has 1 aromatic heterocycles. The number of benzene rings is 2. The normalized spacial score (nSPS) is 17.8. The van der Waals surface area contributed by atoms with Crippen molar-refractivity contribution in [2.24, 2.45) is 0 Å². The van der Waals surface area contributed by atoms with E-state index in [1.54, 1.807) is 12.1 Å². The molecule has 2 aliphatic rings. The number of amides is 1. The van der Waals surface area contributed by atoms with Gasteiger partial charge in [-0.05, 0) is 48.9 Å². The number of piperazine rings is 1. The summed E-state index contributed by atoms with van der Waals surface area (Å²) in [4.78, 5) is 18.1. The van der Waals surface area contributed by atoms with Gasteiger partial charge in [-0.15, -0.1) is 0 Å². The molecule has 0 atom stereocenters. The van der Waals surface area contributed by atoms with Crippen LogP contribution in [0.3, 0.4) is 0 Å². The maximum Gasteiger partial charge on any atom is 0.416 e. The molecule has 1 amide bonds. The summed E-state index contributed by atoms with van der Waals surface area (Å²) in [6, 6.07) is 9.69. The number of aromatic nitrogens is 1. The van der Waals surface area contributed by atoms with Gasteiger partial charge in [-0.3, -0.25) is 9.69 Å². The number of hydrogen-bond donors (Lipinski definition) is 0. The number of carbonyl (C=O) groups is 1. The van der Waals surface area contributed by atoms with Crippen LogP contribution in [0.25, 0.3) is 16.6 Å². The van der Waals surface area contributed by atoms with Gasteiger partial charge in [0.15, 0.2) is 0 Å². The van der Waals surface area contributed by atoms with E-state index in [1.807, 2.05) is 15.7 Å². The third-order valence-corrected chi connectivity index (χ3v) is 6.79. The molecule has 0 aliphatic carbocycles. The van der Waals surface area contributed by atoms with E-state index in [2.05, 4.69) is 9.80 Å². The van der Waals surface area contributed by atoms with Gasteiger partial charge in [-0.2, -0.15) is 13.2 Å². The Morgan fingerprint density at radius 1 is 0.882 bits per heavy atom. The topological polar surface area (TPSA) is 31.7 Å². The van der Waals surface area contributed by atoms with Gasteiger partial charge in [0.2, 0.25) is 5.91 Å². The summed E-state index contributed by atoms with van der Waals surface area (Å²) < 4.78 is 55.6. The Kier molecular flexibility index (Phi) is 5.97. The third-order valence-electron chi connectivity index (χ3n) is 6.79. The van der Waals surface area contributed by atoms with Crippen LogP contribution in [-0.4, -0.2) is 66.1 Å². The molecular formula is C25H26F4N4O. The number of carbonyl (C=O) groups excluding carboxylic acids is 1. The Morgan fingerprint density at radius 2 is 1.62 bits per heavy atom. The molecule has 0 N–H and O–H groups in total. The molecule has 2 aliphatic heterocycles. The summed E-state index contributed by atoms with van der Waals surface area (Å²) >= 11 is 0. The molecule has 0 bridgehead atoms. The highest BCUT2D eigenvalue weighted by Crippen LogP contribution is 2.37. The number of nitrogens with zero attached hydrogens (tertiary/aromatic N) is 4. The van der Waals surface area contributed by atoms with Crippen LogP contribution >= 0.6 is 0 Å². The van der Waals surface area contributed by atoms with Gasteiger partial charge in [0.25, 0.3) is 0 Å². The van der Waals surface area contributed by atoms with Crippen molar-refractivity contribution in [3.63, 3.8) is 0 Å². The van der Waals surface area contributed by atoms with Crippen LogP contribution in [-0.2, 0) is 11.0 Å². The smallest absolute Gasteiger partial charge is 0.367 e. The van der Waals surface area contributed by atoms with Gasteiger partial charge < -0.3 is 14.4 Å². The van der Waals surface area contributed by atoms with Crippen LogP contribution in [0.15, 0.2) is 48.7 Å². The number of alkyl halides is 3. The number of anilines is 1. The van der Waals surface area contributed by atoms with E-state index in [-0.39, 0.29) is 11.7 Å². The van der Waals surface area contributed by atoms with Gasteiger partial charge >= 0.3 is 6.18 Å². The molecule has 3 aromatic rings. The van der Waals surface area contributed by atoms with Crippen molar-refractivity contribution in [1.82, 2.24) is 14.4 Å². The van der Waals surface area contributed by atoms with Crippen molar-refractivity contribution in [2.75, 3.05) is 50.7 Å². The van der Waals surface area contributed by atoms with E-state index >= 15 is 0 Å². The Labute approximate surface area is 195 Å². The minimum absolute atomic E-state index is 0.215. The quantitative estimate of drug-likeness (QED) is 0.510. The number of rotatable bonds is 5. The van der Waals surface area contributed by atoms with Crippen LogP contribution in [0.1, 0.15) is 18.4 Å². The monoisotopic (exact) mass is 474 g/mol. The molecule has 5 nitrogen and oxygen atoms in total. The first kappa shape index (κ1) is 22.7. The standard InChI is InChI=1S/C25H26F4N4O/c26-19-4-6-20(7-5-19)33-17-23(21-16-18(25(27,28)29)3-8-22(21)33)31-13-10-30(11-14-31)12-15-32-9-1-2-24(32)34/h3-8,16-17H,1-2,9-15H2. The lowest BCUT2D eigenvalue weighted by Crippen LogP contribution is -2.48. The fraction of sp³-hybridized carbons (Fsp3) is 0.400.